The molecule has 0 saturated heterocycles. The molecule has 0 spiro atoms. The standard InChI is InChI=1S/C14H16N4OS.C10H15N3/c1-9-13(5-11(8-19)18(9)3)20-12-4-10(6-15)14(16-2)17-7-12;1-12-7-9-5-3-4-8(6-11)10(9)13-2/h4-8,15H,1-3H3,(H,16,17);3-6,11-13H,7H2,1-2H3. The van der Waals surface area contributed by atoms with E-state index in [2.05, 4.69) is 27.0 Å². The van der Waals surface area contributed by atoms with Crippen molar-refractivity contribution in [3.63, 3.8) is 0 Å². The van der Waals surface area contributed by atoms with Crippen LogP contribution in [-0.2, 0) is 13.6 Å². The van der Waals surface area contributed by atoms with Crippen molar-refractivity contribution in [1.82, 2.24) is 14.9 Å². The van der Waals surface area contributed by atoms with Gasteiger partial charge in [0.05, 0.1) is 5.69 Å². The summed E-state index contributed by atoms with van der Waals surface area (Å²) in [5.41, 5.74) is 5.57. The van der Waals surface area contributed by atoms with E-state index in [1.54, 1.807) is 13.2 Å². The maximum Gasteiger partial charge on any atom is 0.166 e. The number of carbonyl (C=O) groups is 1. The minimum atomic E-state index is 0.650. The lowest BCUT2D eigenvalue weighted by Gasteiger charge is -2.11. The fraction of sp³-hybridized carbons (Fsp3) is 0.250. The molecule has 2 heterocycles. The summed E-state index contributed by atoms with van der Waals surface area (Å²) in [6.07, 6.45) is 5.25. The Labute approximate surface area is 199 Å². The molecule has 0 atom stereocenters. The van der Waals surface area contributed by atoms with Crippen molar-refractivity contribution in [3.05, 3.63) is 64.6 Å². The van der Waals surface area contributed by atoms with E-state index in [1.165, 1.54) is 29.8 Å². The largest absolute Gasteiger partial charge is 0.387 e. The third kappa shape index (κ3) is 6.30. The van der Waals surface area contributed by atoms with Crippen LogP contribution in [0.15, 0.2) is 46.3 Å². The SMILES string of the molecule is CNCc1cccc(C=N)c1NC.CNc1ncc(Sc2cc(C=O)n(C)c2C)cc1C=N. The van der Waals surface area contributed by atoms with Crippen LogP contribution >= 0.6 is 11.8 Å². The van der Waals surface area contributed by atoms with Gasteiger partial charge in [-0.3, -0.25) is 4.79 Å². The van der Waals surface area contributed by atoms with Gasteiger partial charge < -0.3 is 31.3 Å². The Morgan fingerprint density at radius 2 is 1.82 bits per heavy atom. The van der Waals surface area contributed by atoms with Gasteiger partial charge in [0, 0.05) is 78.6 Å². The molecular formula is C24H31N7OS. The summed E-state index contributed by atoms with van der Waals surface area (Å²) >= 11 is 1.54. The van der Waals surface area contributed by atoms with Gasteiger partial charge in [-0.15, -0.1) is 0 Å². The number of pyridine rings is 1. The fourth-order valence-corrected chi connectivity index (χ4v) is 4.27. The molecule has 0 unspecified atom stereocenters. The average molecular weight is 466 g/mol. The van der Waals surface area contributed by atoms with Crippen LogP contribution in [-0.4, -0.2) is 49.4 Å². The van der Waals surface area contributed by atoms with Crippen LogP contribution in [0.5, 0.6) is 0 Å². The van der Waals surface area contributed by atoms with Crippen molar-refractivity contribution < 1.29 is 4.79 Å². The highest BCUT2D eigenvalue weighted by Crippen LogP contribution is 2.32. The van der Waals surface area contributed by atoms with Crippen molar-refractivity contribution >= 4 is 42.0 Å². The highest BCUT2D eigenvalue weighted by molar-refractivity contribution is 7.99. The number of carbonyl (C=O) groups excluding carboxylic acids is 1. The molecule has 3 aromatic rings. The Hall–Kier alpha value is -3.43. The van der Waals surface area contributed by atoms with Crippen LogP contribution in [0, 0.1) is 17.7 Å². The molecule has 5 N–H and O–H groups in total. The van der Waals surface area contributed by atoms with Gasteiger partial charge in [0.25, 0.3) is 0 Å². The summed E-state index contributed by atoms with van der Waals surface area (Å²) in [5.74, 6) is 0.683. The minimum absolute atomic E-state index is 0.650. The van der Waals surface area contributed by atoms with Gasteiger partial charge in [0.1, 0.15) is 5.82 Å². The molecule has 0 aliphatic heterocycles. The number of aldehydes is 1. The first-order valence-corrected chi connectivity index (χ1v) is 11.2. The lowest BCUT2D eigenvalue weighted by molar-refractivity contribution is 0.111. The van der Waals surface area contributed by atoms with Crippen LogP contribution in [0.1, 0.15) is 32.9 Å². The van der Waals surface area contributed by atoms with Crippen LogP contribution in [0.3, 0.4) is 0 Å². The molecule has 2 aromatic heterocycles. The molecule has 0 amide bonds. The molecule has 0 radical (unpaired) electrons. The molecule has 174 valence electrons. The second-order valence-corrected chi connectivity index (χ2v) is 8.22. The molecule has 0 fully saturated rings. The van der Waals surface area contributed by atoms with Gasteiger partial charge in [-0.05, 0) is 31.7 Å². The van der Waals surface area contributed by atoms with E-state index in [0.717, 1.165) is 45.1 Å². The van der Waals surface area contributed by atoms with Crippen molar-refractivity contribution in [2.24, 2.45) is 7.05 Å². The number of aromatic nitrogens is 2. The predicted molar refractivity (Wildman–Crippen MR) is 138 cm³/mol. The lowest BCUT2D eigenvalue weighted by atomic mass is 10.1. The van der Waals surface area contributed by atoms with Crippen LogP contribution in [0.2, 0.25) is 0 Å². The van der Waals surface area contributed by atoms with E-state index in [0.29, 0.717) is 11.5 Å². The number of nitrogens with zero attached hydrogens (tertiary/aromatic N) is 2. The van der Waals surface area contributed by atoms with E-state index in [9.17, 15) is 4.79 Å². The van der Waals surface area contributed by atoms with Gasteiger partial charge >= 0.3 is 0 Å². The van der Waals surface area contributed by atoms with Crippen molar-refractivity contribution in [3.8, 4) is 0 Å². The number of nitrogens with one attached hydrogen (secondary N) is 5. The molecule has 0 aliphatic rings. The monoisotopic (exact) mass is 465 g/mol. The Bertz CT molecular complexity index is 1120. The smallest absolute Gasteiger partial charge is 0.166 e. The maximum absolute atomic E-state index is 10.9. The van der Waals surface area contributed by atoms with E-state index in [4.69, 9.17) is 10.8 Å². The summed E-state index contributed by atoms with van der Waals surface area (Å²) in [6, 6.07) is 9.72. The summed E-state index contributed by atoms with van der Waals surface area (Å²) < 4.78 is 1.86. The first-order valence-electron chi connectivity index (χ1n) is 10.4. The zero-order valence-corrected chi connectivity index (χ0v) is 20.4. The number of benzene rings is 1. The Morgan fingerprint density at radius 1 is 1.09 bits per heavy atom. The Kier molecular flexibility index (Phi) is 9.84. The lowest BCUT2D eigenvalue weighted by Crippen LogP contribution is -2.09. The quantitative estimate of drug-likeness (QED) is 0.239. The zero-order chi connectivity index (χ0) is 24.4. The highest BCUT2D eigenvalue weighted by atomic mass is 32.2. The van der Waals surface area contributed by atoms with Crippen LogP contribution < -0.4 is 16.0 Å². The zero-order valence-electron chi connectivity index (χ0n) is 19.6. The molecule has 8 nitrogen and oxygen atoms in total. The molecule has 33 heavy (non-hydrogen) atoms. The van der Waals surface area contributed by atoms with Gasteiger partial charge in [0.2, 0.25) is 0 Å². The highest BCUT2D eigenvalue weighted by Gasteiger charge is 2.11. The summed E-state index contributed by atoms with van der Waals surface area (Å²) in [5, 5.41) is 23.8. The first-order chi connectivity index (χ1) is 15.9. The predicted octanol–water partition coefficient (Wildman–Crippen LogP) is 4.18. The number of hydrogen-bond donors (Lipinski definition) is 5. The van der Waals surface area contributed by atoms with Crippen molar-refractivity contribution in [1.29, 1.82) is 10.8 Å². The normalized spacial score (nSPS) is 10.1. The summed E-state index contributed by atoms with van der Waals surface area (Å²) in [6.45, 7) is 2.79. The first kappa shape index (κ1) is 25.8. The molecule has 0 aliphatic carbocycles. The van der Waals surface area contributed by atoms with Gasteiger partial charge in [-0.25, -0.2) is 4.98 Å². The summed E-state index contributed by atoms with van der Waals surface area (Å²) in [4.78, 5) is 17.2. The molecule has 9 heteroatoms. The van der Waals surface area contributed by atoms with Gasteiger partial charge in [-0.2, -0.15) is 0 Å². The number of rotatable bonds is 9. The molecule has 3 rings (SSSR count). The number of anilines is 2. The maximum atomic E-state index is 10.9. The fourth-order valence-electron chi connectivity index (χ4n) is 3.26. The van der Waals surface area contributed by atoms with Crippen LogP contribution in [0.25, 0.3) is 0 Å². The molecule has 0 bridgehead atoms. The summed E-state index contributed by atoms with van der Waals surface area (Å²) in [7, 11) is 7.44. The Balaban J connectivity index is 0.000000257. The molecule has 1 aromatic carbocycles. The van der Waals surface area contributed by atoms with Crippen LogP contribution in [0.4, 0.5) is 11.5 Å². The molecular weight excluding hydrogens is 434 g/mol. The van der Waals surface area contributed by atoms with Gasteiger partial charge in [0.15, 0.2) is 6.29 Å². The van der Waals surface area contributed by atoms with Gasteiger partial charge in [-0.1, -0.05) is 30.0 Å². The van der Waals surface area contributed by atoms with E-state index in [1.807, 2.05) is 56.9 Å². The average Bonchev–Trinajstić information content (AvgIpc) is 3.12. The third-order valence-corrected chi connectivity index (χ3v) is 6.21. The van der Waals surface area contributed by atoms with Crippen molar-refractivity contribution in [2.75, 3.05) is 31.8 Å². The van der Waals surface area contributed by atoms with E-state index >= 15 is 0 Å². The van der Waals surface area contributed by atoms with Crippen molar-refractivity contribution in [2.45, 2.75) is 23.3 Å². The third-order valence-electron chi connectivity index (χ3n) is 5.11. The topological polar surface area (TPSA) is 119 Å². The Morgan fingerprint density at radius 3 is 2.36 bits per heavy atom. The second-order valence-electron chi connectivity index (χ2n) is 7.11. The second kappa shape index (κ2) is 12.6. The number of hydrogen-bond acceptors (Lipinski definition) is 8. The molecule has 0 saturated carbocycles. The minimum Gasteiger partial charge on any atom is -0.387 e. The van der Waals surface area contributed by atoms with E-state index in [-0.39, 0.29) is 0 Å². The van der Waals surface area contributed by atoms with E-state index < -0.39 is 0 Å². The number of para-hydroxylation sites is 1.